The fraction of sp³-hybridized carbons (Fsp3) is 0.512. The van der Waals surface area contributed by atoms with Crippen LogP contribution in [0.5, 0.6) is 5.75 Å². The minimum Gasteiger partial charge on any atom is -0.493 e. The predicted octanol–water partition coefficient (Wildman–Crippen LogP) is 10.00. The van der Waals surface area contributed by atoms with Crippen LogP contribution >= 0.6 is 0 Å². The van der Waals surface area contributed by atoms with E-state index in [2.05, 4.69) is 38.6 Å². The van der Waals surface area contributed by atoms with Crippen LogP contribution in [0.4, 0.5) is 4.39 Å². The number of ether oxygens (including phenoxy) is 2. The molecule has 3 aromatic rings. The van der Waals surface area contributed by atoms with Gasteiger partial charge in [-0.15, -0.1) is 0 Å². The quantitative estimate of drug-likeness (QED) is 0.0799. The van der Waals surface area contributed by atoms with E-state index in [0.29, 0.717) is 35.6 Å². The molecular formula is C43H57FO5. The summed E-state index contributed by atoms with van der Waals surface area (Å²) in [6.45, 7) is 11.4. The van der Waals surface area contributed by atoms with Crippen LogP contribution in [0.3, 0.4) is 0 Å². The van der Waals surface area contributed by atoms with Gasteiger partial charge in [0.2, 0.25) is 0 Å². The molecule has 6 heteroatoms. The molecular weight excluding hydrogens is 615 g/mol. The van der Waals surface area contributed by atoms with Gasteiger partial charge in [0, 0.05) is 16.6 Å². The highest BCUT2D eigenvalue weighted by molar-refractivity contribution is 5.86. The highest BCUT2D eigenvalue weighted by atomic mass is 19.1. The van der Waals surface area contributed by atoms with Gasteiger partial charge < -0.3 is 19.7 Å². The molecule has 0 radical (unpaired) electrons. The Hall–Kier alpha value is -3.48. The third kappa shape index (κ3) is 10.5. The first-order chi connectivity index (χ1) is 23.6. The Morgan fingerprint density at radius 3 is 2.20 bits per heavy atom. The largest absolute Gasteiger partial charge is 0.493 e. The Morgan fingerprint density at radius 1 is 0.898 bits per heavy atom. The summed E-state index contributed by atoms with van der Waals surface area (Å²) in [5.41, 5.74) is 6.30. The van der Waals surface area contributed by atoms with E-state index in [0.717, 1.165) is 58.6 Å². The lowest BCUT2D eigenvalue weighted by Gasteiger charge is -2.29. The number of aliphatic hydroxyl groups is 2. The maximum Gasteiger partial charge on any atom is 0.333 e. The number of carbonyl (C=O) groups is 1. The van der Waals surface area contributed by atoms with Crippen LogP contribution in [0.25, 0.3) is 22.3 Å². The first kappa shape index (κ1) is 38.3. The highest BCUT2D eigenvalue weighted by Crippen LogP contribution is 2.40. The van der Waals surface area contributed by atoms with Crippen molar-refractivity contribution < 1.29 is 28.9 Å². The monoisotopic (exact) mass is 672 g/mol. The third-order valence-electron chi connectivity index (χ3n) is 10.2. The second-order valence-electron chi connectivity index (χ2n) is 14.4. The number of benzene rings is 3. The lowest BCUT2D eigenvalue weighted by Crippen LogP contribution is -2.33. The van der Waals surface area contributed by atoms with Gasteiger partial charge in [-0.25, -0.2) is 9.18 Å². The van der Waals surface area contributed by atoms with E-state index in [9.17, 15) is 15.0 Å². The molecule has 0 amide bonds. The molecule has 1 aliphatic carbocycles. The van der Waals surface area contributed by atoms with Gasteiger partial charge >= 0.3 is 5.97 Å². The average Bonchev–Trinajstić information content (AvgIpc) is 3.12. The van der Waals surface area contributed by atoms with Gasteiger partial charge in [-0.3, -0.25) is 0 Å². The van der Waals surface area contributed by atoms with Crippen molar-refractivity contribution in [1.82, 2.24) is 0 Å². The Balaban J connectivity index is 1.53. The number of rotatable bonds is 18. The van der Waals surface area contributed by atoms with Crippen molar-refractivity contribution in [1.29, 1.82) is 0 Å². The number of hydrogen-bond acceptors (Lipinski definition) is 5. The van der Waals surface area contributed by atoms with Gasteiger partial charge in [0.05, 0.1) is 26.4 Å². The minimum absolute atomic E-state index is 0.149. The molecule has 1 saturated carbocycles. The second-order valence-corrected chi connectivity index (χ2v) is 14.4. The van der Waals surface area contributed by atoms with Crippen molar-refractivity contribution in [3.63, 3.8) is 0 Å². The van der Waals surface area contributed by atoms with Crippen LogP contribution in [0.1, 0.15) is 108 Å². The Labute approximate surface area is 293 Å². The molecule has 0 atom stereocenters. The number of hydrogen-bond donors (Lipinski definition) is 2. The van der Waals surface area contributed by atoms with Crippen molar-refractivity contribution in [2.24, 2.45) is 11.3 Å². The summed E-state index contributed by atoms with van der Waals surface area (Å²) in [6.07, 6.45) is 12.0. The Kier molecular flexibility index (Phi) is 14.5. The normalized spacial score (nSPS) is 16.4. The molecule has 3 aromatic carbocycles. The molecule has 4 rings (SSSR count). The van der Waals surface area contributed by atoms with E-state index in [4.69, 9.17) is 9.47 Å². The van der Waals surface area contributed by atoms with E-state index in [1.54, 1.807) is 19.9 Å². The van der Waals surface area contributed by atoms with Crippen molar-refractivity contribution in [2.45, 2.75) is 104 Å². The number of carbonyl (C=O) groups excluding carboxylic acids is 1. The molecule has 0 aliphatic heterocycles. The first-order valence-electron chi connectivity index (χ1n) is 18.3. The topological polar surface area (TPSA) is 76.0 Å². The van der Waals surface area contributed by atoms with E-state index >= 15 is 4.39 Å². The molecule has 1 aliphatic rings. The molecule has 5 nitrogen and oxygen atoms in total. The molecule has 49 heavy (non-hydrogen) atoms. The summed E-state index contributed by atoms with van der Waals surface area (Å²) in [7, 11) is 0. The van der Waals surface area contributed by atoms with Crippen LogP contribution in [0, 0.1) is 17.2 Å². The van der Waals surface area contributed by atoms with Crippen LogP contribution in [-0.2, 0) is 22.4 Å². The van der Waals surface area contributed by atoms with Crippen molar-refractivity contribution >= 4 is 5.97 Å². The predicted molar refractivity (Wildman–Crippen MR) is 197 cm³/mol. The van der Waals surface area contributed by atoms with E-state index < -0.39 is 11.4 Å². The maximum atomic E-state index is 15.8. The average molecular weight is 673 g/mol. The maximum absolute atomic E-state index is 15.8. The molecule has 0 bridgehead atoms. The summed E-state index contributed by atoms with van der Waals surface area (Å²) in [6, 6.07) is 18.1. The van der Waals surface area contributed by atoms with E-state index in [1.165, 1.54) is 38.5 Å². The van der Waals surface area contributed by atoms with Crippen LogP contribution in [-0.4, -0.2) is 42.6 Å². The summed E-state index contributed by atoms with van der Waals surface area (Å²) >= 11 is 0. The van der Waals surface area contributed by atoms with Crippen molar-refractivity contribution in [3.8, 4) is 28.0 Å². The zero-order valence-electron chi connectivity index (χ0n) is 30.2. The van der Waals surface area contributed by atoms with Crippen molar-refractivity contribution in [2.75, 3.05) is 26.4 Å². The third-order valence-corrected chi connectivity index (χ3v) is 10.2. The van der Waals surface area contributed by atoms with Crippen LogP contribution in [0.2, 0.25) is 0 Å². The molecule has 0 saturated heterocycles. The molecule has 1 fully saturated rings. The lowest BCUT2D eigenvalue weighted by atomic mass is 9.77. The smallest absolute Gasteiger partial charge is 0.333 e. The Morgan fingerprint density at radius 2 is 1.57 bits per heavy atom. The summed E-state index contributed by atoms with van der Waals surface area (Å²) in [4.78, 5) is 11.9. The molecule has 0 spiro atoms. The molecule has 266 valence electrons. The van der Waals surface area contributed by atoms with Gasteiger partial charge in [0.15, 0.2) is 0 Å². The minimum atomic E-state index is -0.778. The zero-order valence-corrected chi connectivity index (χ0v) is 30.2. The summed E-state index contributed by atoms with van der Waals surface area (Å²) in [5.74, 6) is 1.36. The standard InChI is InChI=1S/C43H57FO5/c1-6-8-9-11-31-13-15-33(16-14-31)36-18-21-39(40(44)26-36)38-20-17-34(24-32(38)7-2)35-19-22-41(49-29-43(5,27-45)28-46)37(25-35)12-10-23-48-42(47)30(3)4/h17-22,24-26,31,33,45-46H,3,6-16,23,27-29H2,1-2,4-5H3. The van der Waals surface area contributed by atoms with Gasteiger partial charge in [-0.1, -0.05) is 89.4 Å². The second kappa shape index (κ2) is 18.5. The number of esters is 1. The molecule has 0 aromatic heterocycles. The molecule has 0 unspecified atom stereocenters. The first-order valence-corrected chi connectivity index (χ1v) is 18.3. The van der Waals surface area contributed by atoms with Crippen molar-refractivity contribution in [3.05, 3.63) is 89.3 Å². The van der Waals surface area contributed by atoms with Gasteiger partial charge in [0.25, 0.3) is 0 Å². The van der Waals surface area contributed by atoms with Gasteiger partial charge in [-0.05, 0) is 115 Å². The lowest BCUT2D eigenvalue weighted by molar-refractivity contribution is -0.139. The SMILES string of the molecule is C=C(C)C(=O)OCCCc1cc(-c2ccc(-c3ccc(C4CCC(CCCCC)CC4)cc3F)c(CC)c2)ccc1OCC(C)(CO)CO. The van der Waals surface area contributed by atoms with Crippen LogP contribution < -0.4 is 4.74 Å². The number of halogens is 1. The number of aryl methyl sites for hydroxylation is 2. The molecule has 0 heterocycles. The summed E-state index contributed by atoms with van der Waals surface area (Å²) < 4.78 is 27.2. The fourth-order valence-electron chi connectivity index (χ4n) is 6.84. The number of unbranched alkanes of at least 4 members (excludes halogenated alkanes) is 2. The summed E-state index contributed by atoms with van der Waals surface area (Å²) in [5, 5.41) is 19.5. The van der Waals surface area contributed by atoms with E-state index in [1.807, 2.05) is 30.3 Å². The number of aliphatic hydroxyl groups excluding tert-OH is 2. The van der Waals surface area contributed by atoms with Gasteiger partial charge in [-0.2, -0.15) is 0 Å². The fourth-order valence-corrected chi connectivity index (χ4v) is 6.84. The van der Waals surface area contributed by atoms with E-state index in [-0.39, 0.29) is 32.2 Å². The Bertz CT molecular complexity index is 1530. The highest BCUT2D eigenvalue weighted by Gasteiger charge is 2.25. The van der Waals surface area contributed by atoms with Gasteiger partial charge in [0.1, 0.15) is 11.6 Å². The molecule has 2 N–H and O–H groups in total. The zero-order chi connectivity index (χ0) is 35.4. The van der Waals surface area contributed by atoms with Crippen LogP contribution in [0.15, 0.2) is 66.7 Å².